The maximum atomic E-state index is 13.4. The lowest BCUT2D eigenvalue weighted by molar-refractivity contribution is 0.0905. The second kappa shape index (κ2) is 6.43. The average molecular weight is 305 g/mol. The molecule has 1 aliphatic rings. The van der Waals surface area contributed by atoms with Crippen molar-refractivity contribution in [2.45, 2.75) is 31.8 Å². The van der Waals surface area contributed by atoms with Crippen molar-refractivity contribution in [2.75, 3.05) is 6.54 Å². The van der Waals surface area contributed by atoms with Gasteiger partial charge in [0, 0.05) is 6.54 Å². The summed E-state index contributed by atoms with van der Waals surface area (Å²) in [5.41, 5.74) is -0.859. The Morgan fingerprint density at radius 1 is 1.10 bits per heavy atom. The van der Waals surface area contributed by atoms with Crippen molar-refractivity contribution in [1.82, 2.24) is 5.32 Å². The first-order valence-electron chi connectivity index (χ1n) is 6.69. The number of amides is 1. The molecule has 0 heterocycles. The summed E-state index contributed by atoms with van der Waals surface area (Å²) in [6.07, 6.45) is 2.31. The van der Waals surface area contributed by atoms with Crippen LogP contribution < -0.4 is 5.32 Å². The summed E-state index contributed by atoms with van der Waals surface area (Å²) >= 11 is 0. The van der Waals surface area contributed by atoms with Crippen LogP contribution in [0.4, 0.5) is 17.6 Å². The van der Waals surface area contributed by atoms with Gasteiger partial charge in [0.1, 0.15) is 0 Å². The van der Waals surface area contributed by atoms with E-state index in [9.17, 15) is 27.5 Å². The number of nitrogens with one attached hydrogen (secondary N) is 1. The van der Waals surface area contributed by atoms with Crippen molar-refractivity contribution in [3.63, 3.8) is 0 Å². The summed E-state index contributed by atoms with van der Waals surface area (Å²) in [6.45, 7) is 0.214. The second-order valence-electron chi connectivity index (χ2n) is 5.23. The van der Waals surface area contributed by atoms with Crippen molar-refractivity contribution in [3.8, 4) is 0 Å². The van der Waals surface area contributed by atoms with Gasteiger partial charge in [-0.15, -0.1) is 0 Å². The maximum Gasteiger partial charge on any atom is 0.254 e. The molecular formula is C14H15F4NO2. The zero-order valence-electron chi connectivity index (χ0n) is 11.1. The van der Waals surface area contributed by atoms with Gasteiger partial charge in [0.05, 0.1) is 11.7 Å². The number of aliphatic hydroxyl groups is 1. The van der Waals surface area contributed by atoms with E-state index in [1.165, 1.54) is 0 Å². The first-order chi connectivity index (χ1) is 9.90. The van der Waals surface area contributed by atoms with E-state index in [4.69, 9.17) is 0 Å². The Morgan fingerprint density at radius 2 is 1.71 bits per heavy atom. The van der Waals surface area contributed by atoms with Crippen LogP contribution in [0.5, 0.6) is 0 Å². The molecule has 0 atom stereocenters. The fourth-order valence-electron chi connectivity index (χ4n) is 2.42. The van der Waals surface area contributed by atoms with E-state index in [-0.39, 0.29) is 18.6 Å². The van der Waals surface area contributed by atoms with Crippen LogP contribution in [0.1, 0.15) is 36.0 Å². The number of halogens is 4. The van der Waals surface area contributed by atoms with Crippen molar-refractivity contribution in [3.05, 3.63) is 34.9 Å². The van der Waals surface area contributed by atoms with Gasteiger partial charge in [0.2, 0.25) is 0 Å². The Bertz CT molecular complexity index is 542. The van der Waals surface area contributed by atoms with Gasteiger partial charge >= 0.3 is 0 Å². The molecule has 2 rings (SSSR count). The average Bonchev–Trinajstić information content (AvgIpc) is 2.48. The molecule has 0 bridgehead atoms. The minimum Gasteiger partial charge on any atom is -0.393 e. The summed E-state index contributed by atoms with van der Waals surface area (Å²) in [5, 5.41) is 11.7. The first-order valence-corrected chi connectivity index (χ1v) is 6.69. The second-order valence-corrected chi connectivity index (χ2v) is 5.23. The van der Waals surface area contributed by atoms with E-state index in [1.807, 2.05) is 0 Å². The molecule has 1 aromatic rings. The van der Waals surface area contributed by atoms with Crippen LogP contribution in [0.2, 0.25) is 0 Å². The largest absolute Gasteiger partial charge is 0.393 e. The zero-order valence-corrected chi connectivity index (χ0v) is 11.1. The maximum absolute atomic E-state index is 13.4. The van der Waals surface area contributed by atoms with Gasteiger partial charge in [-0.05, 0) is 37.7 Å². The molecule has 2 N–H and O–H groups in total. The highest BCUT2D eigenvalue weighted by Crippen LogP contribution is 2.24. The summed E-state index contributed by atoms with van der Waals surface area (Å²) in [6, 6.07) is 0.341. The molecule has 1 aromatic carbocycles. The number of aliphatic hydroxyl groups excluding tert-OH is 1. The van der Waals surface area contributed by atoms with E-state index in [0.29, 0.717) is 31.7 Å². The van der Waals surface area contributed by atoms with E-state index in [2.05, 4.69) is 5.32 Å². The summed E-state index contributed by atoms with van der Waals surface area (Å²) in [7, 11) is 0. The number of hydrogen-bond acceptors (Lipinski definition) is 2. The Balaban J connectivity index is 2.01. The monoisotopic (exact) mass is 305 g/mol. The van der Waals surface area contributed by atoms with Crippen LogP contribution in [0.3, 0.4) is 0 Å². The third-order valence-corrected chi connectivity index (χ3v) is 3.71. The van der Waals surface area contributed by atoms with Gasteiger partial charge in [-0.1, -0.05) is 0 Å². The molecule has 1 amide bonds. The van der Waals surface area contributed by atoms with Gasteiger partial charge in [-0.3, -0.25) is 4.79 Å². The van der Waals surface area contributed by atoms with Crippen LogP contribution in [0, 0.1) is 29.2 Å². The number of rotatable bonds is 3. The topological polar surface area (TPSA) is 49.3 Å². The molecular weight excluding hydrogens is 290 g/mol. The number of hydrogen-bond donors (Lipinski definition) is 2. The molecule has 0 saturated heterocycles. The molecule has 0 aliphatic heterocycles. The smallest absolute Gasteiger partial charge is 0.254 e. The minimum atomic E-state index is -2.00. The fourth-order valence-corrected chi connectivity index (χ4v) is 2.42. The van der Waals surface area contributed by atoms with Crippen LogP contribution in [0.15, 0.2) is 6.07 Å². The Kier molecular flexibility index (Phi) is 4.82. The molecule has 7 heteroatoms. The molecule has 1 fully saturated rings. The normalized spacial score (nSPS) is 22.1. The molecule has 0 radical (unpaired) electrons. The highest BCUT2D eigenvalue weighted by molar-refractivity contribution is 5.94. The molecule has 0 aromatic heterocycles. The van der Waals surface area contributed by atoms with Crippen molar-refractivity contribution < 1.29 is 27.5 Å². The third kappa shape index (κ3) is 3.53. The van der Waals surface area contributed by atoms with E-state index in [0.717, 1.165) is 0 Å². The SMILES string of the molecule is O=C(NCC1CCC(O)CC1)c1cc(F)c(F)c(F)c1F. The molecule has 1 aliphatic carbocycles. The van der Waals surface area contributed by atoms with Gasteiger partial charge in [0.15, 0.2) is 23.3 Å². The number of benzene rings is 1. The van der Waals surface area contributed by atoms with Crippen LogP contribution in [-0.4, -0.2) is 23.7 Å². The Labute approximate surface area is 119 Å². The highest BCUT2D eigenvalue weighted by Gasteiger charge is 2.24. The highest BCUT2D eigenvalue weighted by atomic mass is 19.2. The predicted molar refractivity (Wildman–Crippen MR) is 66.6 cm³/mol. The minimum absolute atomic E-state index is 0.121. The van der Waals surface area contributed by atoms with Crippen molar-refractivity contribution in [2.24, 2.45) is 5.92 Å². The summed E-state index contributed by atoms with van der Waals surface area (Å²) in [5.74, 6) is -8.12. The molecule has 3 nitrogen and oxygen atoms in total. The molecule has 21 heavy (non-hydrogen) atoms. The quantitative estimate of drug-likeness (QED) is 0.512. The van der Waals surface area contributed by atoms with E-state index >= 15 is 0 Å². The number of carbonyl (C=O) groups excluding carboxylic acids is 1. The number of carbonyl (C=O) groups is 1. The lowest BCUT2D eigenvalue weighted by atomic mass is 9.87. The van der Waals surface area contributed by atoms with Gasteiger partial charge in [-0.25, -0.2) is 17.6 Å². The van der Waals surface area contributed by atoms with Crippen LogP contribution in [0.25, 0.3) is 0 Å². The Hall–Kier alpha value is -1.63. The zero-order chi connectivity index (χ0) is 15.6. The lowest BCUT2D eigenvalue weighted by Gasteiger charge is -2.25. The van der Waals surface area contributed by atoms with E-state index in [1.54, 1.807) is 0 Å². The molecule has 0 spiro atoms. The van der Waals surface area contributed by atoms with Crippen LogP contribution in [-0.2, 0) is 0 Å². The molecule has 1 saturated carbocycles. The van der Waals surface area contributed by atoms with Crippen molar-refractivity contribution in [1.29, 1.82) is 0 Å². The molecule has 0 unspecified atom stereocenters. The Morgan fingerprint density at radius 3 is 2.33 bits per heavy atom. The molecule has 116 valence electrons. The standard InChI is InChI=1S/C14H15F4NO2/c15-10-5-9(11(16)13(18)12(10)17)14(21)19-6-7-1-3-8(20)4-2-7/h5,7-8,20H,1-4,6H2,(H,19,21). The van der Waals surface area contributed by atoms with Crippen LogP contribution >= 0.6 is 0 Å². The first kappa shape index (κ1) is 15.8. The summed E-state index contributed by atoms with van der Waals surface area (Å²) in [4.78, 5) is 11.7. The summed E-state index contributed by atoms with van der Waals surface area (Å²) < 4.78 is 52.3. The van der Waals surface area contributed by atoms with E-state index < -0.39 is 34.7 Å². The van der Waals surface area contributed by atoms with Gasteiger partial charge in [0.25, 0.3) is 5.91 Å². The van der Waals surface area contributed by atoms with Crippen molar-refractivity contribution >= 4 is 5.91 Å². The third-order valence-electron chi connectivity index (χ3n) is 3.71. The van der Waals surface area contributed by atoms with Gasteiger partial charge in [-0.2, -0.15) is 0 Å². The lowest BCUT2D eigenvalue weighted by Crippen LogP contribution is -2.32. The fraction of sp³-hybridized carbons (Fsp3) is 0.500. The van der Waals surface area contributed by atoms with Gasteiger partial charge < -0.3 is 10.4 Å². The predicted octanol–water partition coefficient (Wildman–Crippen LogP) is 2.52.